The predicted molar refractivity (Wildman–Crippen MR) is 140 cm³/mol. The van der Waals surface area contributed by atoms with Crippen LogP contribution in [0.15, 0.2) is 70.5 Å². The van der Waals surface area contributed by atoms with Crippen LogP contribution in [0.5, 0.6) is 0 Å². The Balaban J connectivity index is 1.83. The van der Waals surface area contributed by atoms with Gasteiger partial charge in [-0.15, -0.1) is 11.3 Å². The van der Waals surface area contributed by atoms with Crippen molar-refractivity contribution in [3.8, 4) is 0 Å². The van der Waals surface area contributed by atoms with Crippen molar-refractivity contribution in [2.75, 3.05) is 13.1 Å². The van der Waals surface area contributed by atoms with Crippen molar-refractivity contribution in [2.45, 2.75) is 32.9 Å². The molecule has 0 bridgehead atoms. The summed E-state index contributed by atoms with van der Waals surface area (Å²) in [4.78, 5) is 21.5. The third-order valence-electron chi connectivity index (χ3n) is 5.74. The second-order valence-corrected chi connectivity index (χ2v) is 10.3. The van der Waals surface area contributed by atoms with E-state index in [9.17, 15) is 4.79 Å². The van der Waals surface area contributed by atoms with E-state index in [1.54, 1.807) is 0 Å². The van der Waals surface area contributed by atoms with Crippen LogP contribution in [0.25, 0.3) is 11.0 Å². The minimum Gasteiger partial charge on any atom is -0.330 e. The van der Waals surface area contributed by atoms with Crippen molar-refractivity contribution < 1.29 is 4.79 Å². The van der Waals surface area contributed by atoms with Crippen molar-refractivity contribution in [3.05, 3.63) is 86.8 Å². The normalized spacial score (nSPS) is 12.4. The van der Waals surface area contributed by atoms with Crippen molar-refractivity contribution in [1.82, 2.24) is 14.5 Å². The van der Waals surface area contributed by atoms with Crippen LogP contribution in [-0.4, -0.2) is 33.4 Å². The van der Waals surface area contributed by atoms with Crippen LogP contribution in [0, 0.1) is 5.92 Å². The maximum atomic E-state index is 13.7. The second-order valence-electron chi connectivity index (χ2n) is 8.49. The smallest absolute Gasteiger partial charge is 0.264 e. The number of halogens is 1. The summed E-state index contributed by atoms with van der Waals surface area (Å²) in [6.07, 6.45) is 0.737. The third-order valence-corrected chi connectivity index (χ3v) is 7.42. The summed E-state index contributed by atoms with van der Waals surface area (Å²) < 4.78 is 3.19. The summed E-state index contributed by atoms with van der Waals surface area (Å²) in [6, 6.07) is 20.3. The van der Waals surface area contributed by atoms with Gasteiger partial charge in [-0.05, 0) is 58.6 Å². The van der Waals surface area contributed by atoms with Crippen LogP contribution < -0.4 is 5.73 Å². The molecule has 2 aromatic heterocycles. The van der Waals surface area contributed by atoms with Crippen molar-refractivity contribution in [2.24, 2.45) is 11.7 Å². The molecule has 0 fully saturated rings. The van der Waals surface area contributed by atoms with E-state index in [1.807, 2.05) is 40.6 Å². The first-order valence-corrected chi connectivity index (χ1v) is 12.9. The van der Waals surface area contributed by atoms with Crippen molar-refractivity contribution in [1.29, 1.82) is 0 Å². The highest BCUT2D eigenvalue weighted by Gasteiger charge is 2.33. The number of imidazole rings is 1. The van der Waals surface area contributed by atoms with Gasteiger partial charge in [0, 0.05) is 22.9 Å². The molecule has 0 radical (unpaired) electrons. The fourth-order valence-corrected chi connectivity index (χ4v) is 5.63. The number of nitrogens with two attached hydrogens (primary N) is 1. The van der Waals surface area contributed by atoms with Gasteiger partial charge in [-0.1, -0.05) is 56.3 Å². The van der Waals surface area contributed by atoms with Gasteiger partial charge < -0.3 is 15.2 Å². The zero-order valence-corrected chi connectivity index (χ0v) is 21.3. The first kappa shape index (κ1) is 23.7. The molecule has 0 unspecified atom stereocenters. The standard InChI is InChI=1S/C26H29BrN4OS/c1-18(2)24(30(14-8-13-28)26(32)23-15-20(27)17-33-23)25-29-21-11-6-7-12-22(21)31(25)16-19-9-4-3-5-10-19/h3-7,9-12,15,17-18,24H,8,13-14,16,28H2,1-2H3/t24-/m1/s1. The molecule has 0 aliphatic heterocycles. The van der Waals surface area contributed by atoms with E-state index < -0.39 is 0 Å². The largest absolute Gasteiger partial charge is 0.330 e. The highest BCUT2D eigenvalue weighted by atomic mass is 79.9. The van der Waals surface area contributed by atoms with E-state index in [2.05, 4.69) is 64.7 Å². The summed E-state index contributed by atoms with van der Waals surface area (Å²) >= 11 is 4.95. The summed E-state index contributed by atoms with van der Waals surface area (Å²) in [5, 5.41) is 1.95. The van der Waals surface area contributed by atoms with E-state index in [0.29, 0.717) is 19.6 Å². The van der Waals surface area contributed by atoms with E-state index >= 15 is 0 Å². The molecule has 172 valence electrons. The van der Waals surface area contributed by atoms with E-state index in [0.717, 1.165) is 32.6 Å². The molecule has 2 heterocycles. The van der Waals surface area contributed by atoms with E-state index in [4.69, 9.17) is 10.7 Å². The molecule has 0 aliphatic carbocycles. The van der Waals surface area contributed by atoms with Crippen molar-refractivity contribution >= 4 is 44.2 Å². The summed E-state index contributed by atoms with van der Waals surface area (Å²) in [7, 11) is 0. The number of amides is 1. The predicted octanol–water partition coefficient (Wildman–Crippen LogP) is 6.10. The number of hydrogen-bond acceptors (Lipinski definition) is 4. The lowest BCUT2D eigenvalue weighted by Gasteiger charge is -2.34. The monoisotopic (exact) mass is 524 g/mol. The topological polar surface area (TPSA) is 64.2 Å². The van der Waals surface area contributed by atoms with E-state index in [1.165, 1.54) is 16.9 Å². The number of fused-ring (bicyclic) bond motifs is 1. The molecule has 1 atom stereocenters. The zero-order valence-electron chi connectivity index (χ0n) is 18.9. The summed E-state index contributed by atoms with van der Waals surface area (Å²) in [6.45, 7) is 6.13. The fraction of sp³-hybridized carbons (Fsp3) is 0.308. The Labute approximate surface area is 207 Å². The Kier molecular flexibility index (Phi) is 7.63. The quantitative estimate of drug-likeness (QED) is 0.287. The molecule has 4 rings (SSSR count). The lowest BCUT2D eigenvalue weighted by Crippen LogP contribution is -2.40. The molecule has 1 amide bonds. The Hall–Kier alpha value is -2.48. The van der Waals surface area contributed by atoms with Gasteiger partial charge in [0.25, 0.3) is 5.91 Å². The maximum absolute atomic E-state index is 13.7. The zero-order chi connectivity index (χ0) is 23.4. The number of carbonyl (C=O) groups is 1. The number of rotatable bonds is 9. The van der Waals surface area contributed by atoms with Gasteiger partial charge >= 0.3 is 0 Å². The first-order valence-electron chi connectivity index (χ1n) is 11.2. The molecule has 2 N–H and O–H groups in total. The number of nitrogens with zero attached hydrogens (tertiary/aromatic N) is 3. The van der Waals surface area contributed by atoms with Gasteiger partial charge in [0.1, 0.15) is 5.82 Å². The Morgan fingerprint density at radius 1 is 1.15 bits per heavy atom. The Bertz CT molecular complexity index is 1220. The lowest BCUT2D eigenvalue weighted by atomic mass is 10.0. The number of para-hydroxylation sites is 2. The first-order chi connectivity index (χ1) is 16.0. The molecule has 2 aromatic carbocycles. The van der Waals surface area contributed by atoms with Crippen LogP contribution in [0.4, 0.5) is 0 Å². The van der Waals surface area contributed by atoms with Crippen LogP contribution in [-0.2, 0) is 6.54 Å². The highest BCUT2D eigenvalue weighted by Crippen LogP contribution is 2.34. The van der Waals surface area contributed by atoms with Gasteiger partial charge in [-0.2, -0.15) is 0 Å². The molecule has 4 aromatic rings. The molecular formula is C26H29BrN4OS. The molecule has 7 heteroatoms. The lowest BCUT2D eigenvalue weighted by molar-refractivity contribution is 0.0610. The van der Waals surface area contributed by atoms with E-state index in [-0.39, 0.29) is 17.9 Å². The number of aromatic nitrogens is 2. The Morgan fingerprint density at radius 3 is 2.55 bits per heavy atom. The number of hydrogen-bond donors (Lipinski definition) is 1. The van der Waals surface area contributed by atoms with Crippen LogP contribution in [0.2, 0.25) is 0 Å². The highest BCUT2D eigenvalue weighted by molar-refractivity contribution is 9.10. The fourth-order valence-electron chi connectivity index (χ4n) is 4.24. The van der Waals surface area contributed by atoms with Crippen molar-refractivity contribution in [3.63, 3.8) is 0 Å². The minimum absolute atomic E-state index is 0.0242. The molecule has 0 saturated carbocycles. The van der Waals surface area contributed by atoms with Crippen LogP contribution >= 0.6 is 27.3 Å². The van der Waals surface area contributed by atoms with Gasteiger partial charge in [-0.25, -0.2) is 4.98 Å². The summed E-state index contributed by atoms with van der Waals surface area (Å²) in [5.41, 5.74) is 9.08. The van der Waals surface area contributed by atoms with Crippen LogP contribution in [0.3, 0.4) is 0 Å². The summed E-state index contributed by atoms with van der Waals surface area (Å²) in [5.74, 6) is 1.11. The number of thiophene rings is 1. The number of benzene rings is 2. The minimum atomic E-state index is -0.180. The molecular weight excluding hydrogens is 496 g/mol. The second kappa shape index (κ2) is 10.6. The van der Waals surface area contributed by atoms with Crippen LogP contribution in [0.1, 0.15) is 47.4 Å². The van der Waals surface area contributed by atoms with Gasteiger partial charge in [0.15, 0.2) is 0 Å². The average molecular weight is 526 g/mol. The number of carbonyl (C=O) groups excluding carboxylic acids is 1. The molecule has 0 saturated heterocycles. The Morgan fingerprint density at radius 2 is 1.88 bits per heavy atom. The molecule has 0 spiro atoms. The maximum Gasteiger partial charge on any atom is 0.264 e. The van der Waals surface area contributed by atoms with Gasteiger partial charge in [0.2, 0.25) is 0 Å². The third kappa shape index (κ3) is 5.21. The molecule has 33 heavy (non-hydrogen) atoms. The van der Waals surface area contributed by atoms with Gasteiger partial charge in [-0.3, -0.25) is 4.79 Å². The molecule has 0 aliphatic rings. The average Bonchev–Trinajstić information content (AvgIpc) is 3.40. The SMILES string of the molecule is CC(C)[C@H](c1nc2ccccc2n1Cc1ccccc1)N(CCCN)C(=O)c1cc(Br)cs1. The molecule has 5 nitrogen and oxygen atoms in total. The van der Waals surface area contributed by atoms with Gasteiger partial charge in [0.05, 0.1) is 22.0 Å².